The first-order chi connectivity index (χ1) is 16.5. The summed E-state index contributed by atoms with van der Waals surface area (Å²) < 4.78 is 21.8. The van der Waals surface area contributed by atoms with Crippen molar-refractivity contribution >= 4 is 0 Å². The Morgan fingerprint density at radius 3 is 1.69 bits per heavy atom. The molecule has 0 amide bonds. The van der Waals surface area contributed by atoms with Gasteiger partial charge in [0.15, 0.2) is 12.6 Å². The molecule has 0 spiro atoms. The van der Waals surface area contributed by atoms with Gasteiger partial charge in [-0.2, -0.15) is 5.26 Å². The van der Waals surface area contributed by atoms with Gasteiger partial charge in [-0.05, 0) is 0 Å². The Morgan fingerprint density at radius 1 is 0.743 bits per heavy atom. The average Bonchev–Trinajstić information content (AvgIpc) is 2.84. The van der Waals surface area contributed by atoms with E-state index in [9.17, 15) is 51.1 Å². The molecule has 10 N–H and O–H groups in total. The highest BCUT2D eigenvalue weighted by atomic mass is 16.7. The highest BCUT2D eigenvalue weighted by Crippen LogP contribution is 2.34. The summed E-state index contributed by atoms with van der Waals surface area (Å²) in [5.41, 5.74) is -0.134. The van der Waals surface area contributed by atoms with Crippen LogP contribution in [0.25, 0.3) is 0 Å². The number of nitrogens with zero attached hydrogens (tertiary/aromatic N) is 1. The molecule has 14 atom stereocenters. The van der Waals surface area contributed by atoms with Gasteiger partial charge in [-0.1, -0.05) is 0 Å². The molecule has 15 nitrogen and oxygen atoms in total. The molecule has 3 aliphatic rings. The molecule has 0 bridgehead atoms. The molecule has 2 aliphatic heterocycles. The van der Waals surface area contributed by atoms with Crippen molar-refractivity contribution in [1.82, 2.24) is 0 Å². The van der Waals surface area contributed by atoms with Gasteiger partial charge >= 0.3 is 0 Å². The van der Waals surface area contributed by atoms with Crippen LogP contribution < -0.4 is 0 Å². The van der Waals surface area contributed by atoms with Crippen molar-refractivity contribution in [3.8, 4) is 6.07 Å². The van der Waals surface area contributed by atoms with Crippen molar-refractivity contribution in [2.24, 2.45) is 0 Å². The van der Waals surface area contributed by atoms with Gasteiger partial charge in [-0.15, -0.1) is 0 Å². The SMILES string of the molecule is N#C/C=C1/C(OC2OC(CO)C(O)C(O)C2O)CC(OC2OC(CO)C(O)C(O)C2O)C(O)C1O. The fraction of sp³-hybridized carbons (Fsp3) is 0.850. The zero-order chi connectivity index (χ0) is 26.0. The first-order valence-electron chi connectivity index (χ1n) is 10.9. The maximum Gasteiger partial charge on any atom is 0.187 e. The van der Waals surface area contributed by atoms with Crippen molar-refractivity contribution < 1.29 is 70.0 Å². The van der Waals surface area contributed by atoms with Gasteiger partial charge < -0.3 is 70.0 Å². The van der Waals surface area contributed by atoms with E-state index < -0.39 is 99.0 Å². The third-order valence-corrected chi connectivity index (χ3v) is 6.40. The van der Waals surface area contributed by atoms with Crippen molar-refractivity contribution in [2.45, 2.75) is 92.2 Å². The molecule has 14 unspecified atom stereocenters. The summed E-state index contributed by atoms with van der Waals surface area (Å²) >= 11 is 0. The molecule has 15 heteroatoms. The molecular weight excluding hydrogens is 478 g/mol. The van der Waals surface area contributed by atoms with E-state index >= 15 is 0 Å². The van der Waals surface area contributed by atoms with Gasteiger partial charge in [0, 0.05) is 18.1 Å². The van der Waals surface area contributed by atoms with Crippen LogP contribution in [-0.4, -0.2) is 150 Å². The van der Waals surface area contributed by atoms with E-state index in [4.69, 9.17) is 24.2 Å². The molecule has 1 aliphatic carbocycles. The van der Waals surface area contributed by atoms with Crippen molar-refractivity contribution in [2.75, 3.05) is 13.2 Å². The van der Waals surface area contributed by atoms with E-state index in [-0.39, 0.29) is 12.0 Å². The quantitative estimate of drug-likeness (QED) is 0.149. The second-order valence-electron chi connectivity index (χ2n) is 8.64. The number of ether oxygens (including phenoxy) is 4. The van der Waals surface area contributed by atoms with Crippen LogP contribution in [-0.2, 0) is 18.9 Å². The van der Waals surface area contributed by atoms with Gasteiger partial charge in [0.25, 0.3) is 0 Å². The summed E-state index contributed by atoms with van der Waals surface area (Å²) in [6.07, 6.45) is -21.7. The van der Waals surface area contributed by atoms with Crippen LogP contribution in [0.3, 0.4) is 0 Å². The summed E-state index contributed by atoms with van der Waals surface area (Å²) in [6, 6.07) is 1.69. The van der Waals surface area contributed by atoms with E-state index in [1.807, 2.05) is 0 Å². The van der Waals surface area contributed by atoms with Crippen LogP contribution in [0.4, 0.5) is 0 Å². The van der Waals surface area contributed by atoms with E-state index in [1.54, 1.807) is 6.07 Å². The zero-order valence-electron chi connectivity index (χ0n) is 18.3. The third kappa shape index (κ3) is 5.66. The Balaban J connectivity index is 1.80. The van der Waals surface area contributed by atoms with Crippen LogP contribution in [0.2, 0.25) is 0 Å². The van der Waals surface area contributed by atoms with Crippen LogP contribution >= 0.6 is 0 Å². The molecular formula is C20H31NO14. The largest absolute Gasteiger partial charge is 0.394 e. The summed E-state index contributed by atoms with van der Waals surface area (Å²) in [7, 11) is 0. The highest BCUT2D eigenvalue weighted by molar-refractivity contribution is 5.26. The second-order valence-corrected chi connectivity index (χ2v) is 8.64. The molecule has 200 valence electrons. The Labute approximate surface area is 199 Å². The van der Waals surface area contributed by atoms with Crippen LogP contribution in [0, 0.1) is 11.3 Å². The lowest BCUT2D eigenvalue weighted by atomic mass is 9.84. The molecule has 2 saturated heterocycles. The minimum Gasteiger partial charge on any atom is -0.394 e. The fourth-order valence-electron chi connectivity index (χ4n) is 4.29. The minimum atomic E-state index is -1.79. The van der Waals surface area contributed by atoms with Gasteiger partial charge in [0.2, 0.25) is 0 Å². The molecule has 2 heterocycles. The topological polar surface area (TPSA) is 263 Å². The minimum absolute atomic E-state index is 0.134. The van der Waals surface area contributed by atoms with Gasteiger partial charge in [0.05, 0.1) is 31.5 Å². The maximum absolute atomic E-state index is 10.6. The lowest BCUT2D eigenvalue weighted by Gasteiger charge is -2.46. The summed E-state index contributed by atoms with van der Waals surface area (Å²) in [5, 5.41) is 109. The fourth-order valence-corrected chi connectivity index (χ4v) is 4.29. The van der Waals surface area contributed by atoms with E-state index in [0.29, 0.717) is 0 Å². The lowest BCUT2D eigenvalue weighted by Crippen LogP contribution is -2.62. The highest BCUT2D eigenvalue weighted by Gasteiger charge is 2.50. The lowest BCUT2D eigenvalue weighted by molar-refractivity contribution is -0.331. The first-order valence-corrected chi connectivity index (χ1v) is 10.9. The maximum atomic E-state index is 10.6. The molecule has 0 aromatic rings. The number of hydrogen-bond donors (Lipinski definition) is 10. The number of nitriles is 1. The number of aliphatic hydroxyl groups is 10. The Morgan fingerprint density at radius 2 is 1.23 bits per heavy atom. The van der Waals surface area contributed by atoms with Crippen LogP contribution in [0.5, 0.6) is 0 Å². The van der Waals surface area contributed by atoms with E-state index in [2.05, 4.69) is 0 Å². The van der Waals surface area contributed by atoms with Gasteiger partial charge in [0.1, 0.15) is 61.0 Å². The summed E-state index contributed by atoms with van der Waals surface area (Å²) in [4.78, 5) is 0. The molecule has 1 saturated carbocycles. The van der Waals surface area contributed by atoms with Crippen LogP contribution in [0.15, 0.2) is 11.6 Å². The summed E-state index contributed by atoms with van der Waals surface area (Å²) in [5.74, 6) is 0. The average molecular weight is 509 g/mol. The third-order valence-electron chi connectivity index (χ3n) is 6.40. The van der Waals surface area contributed by atoms with E-state index in [0.717, 1.165) is 6.08 Å². The number of aliphatic hydroxyl groups excluding tert-OH is 10. The normalized spacial score (nSPS) is 50.1. The number of rotatable bonds is 6. The molecule has 0 aromatic carbocycles. The molecule has 0 radical (unpaired) electrons. The van der Waals surface area contributed by atoms with Gasteiger partial charge in [-0.25, -0.2) is 0 Å². The van der Waals surface area contributed by atoms with Crippen LogP contribution in [0.1, 0.15) is 6.42 Å². The Bertz CT molecular complexity index is 773. The first kappa shape index (κ1) is 28.2. The predicted molar refractivity (Wildman–Crippen MR) is 108 cm³/mol. The zero-order valence-corrected chi connectivity index (χ0v) is 18.3. The molecule has 35 heavy (non-hydrogen) atoms. The monoisotopic (exact) mass is 509 g/mol. The Kier molecular flexibility index (Phi) is 9.53. The van der Waals surface area contributed by atoms with E-state index in [1.165, 1.54) is 0 Å². The molecule has 3 rings (SSSR count). The second kappa shape index (κ2) is 11.8. The molecule has 0 aromatic heterocycles. The predicted octanol–water partition coefficient (Wildman–Crippen LogP) is -6.07. The molecule has 3 fully saturated rings. The van der Waals surface area contributed by atoms with Crippen molar-refractivity contribution in [3.63, 3.8) is 0 Å². The Hall–Kier alpha value is -1.33. The standard InChI is InChI=1S/C20H31NO14/c21-2-1-6-7(32-19-17(30)15(28)13(26)9(4-22)34-19)3-8(12(25)11(6)24)33-20-18(31)16(29)14(27)10(5-23)35-20/h1,7-20,22-31H,3-5H2/b6-1-. The van der Waals surface area contributed by atoms with Gasteiger partial charge in [-0.3, -0.25) is 0 Å². The van der Waals surface area contributed by atoms with Crippen molar-refractivity contribution in [1.29, 1.82) is 5.26 Å². The summed E-state index contributed by atoms with van der Waals surface area (Å²) in [6.45, 7) is -1.45. The van der Waals surface area contributed by atoms with Crippen molar-refractivity contribution in [3.05, 3.63) is 11.6 Å². The smallest absolute Gasteiger partial charge is 0.187 e. The number of hydrogen-bond acceptors (Lipinski definition) is 15. The number of allylic oxidation sites excluding steroid dienone is 1.